The standard InChI is InChI=1S/C16H21ClN4O.C3H8O2.C2H6/c1-8-5-11-13(19-8)14-16(20-15(11)17)21(7-18-14)12-4-3-10(6-22)9(12)2;1-3(2,4)5;1-2/h7-10,12,19,22H,3-6H2,1-2H3;4-5H,1-2H3;1-2H3. The number of nitrogens with one attached hydrogen (secondary N) is 1. The molecule has 1 aliphatic carbocycles. The Bertz CT molecular complexity index is 812. The lowest BCUT2D eigenvalue weighted by Crippen LogP contribution is -2.17. The molecular formula is C21H35ClN4O3. The maximum atomic E-state index is 9.49. The van der Waals surface area contributed by atoms with Crippen molar-refractivity contribution >= 4 is 28.5 Å². The number of aliphatic hydroxyl groups excluding tert-OH is 1. The molecule has 1 aliphatic heterocycles. The SMILES string of the molecule is CC.CC(C)(O)O.CC1Cc2c(Cl)nc3c(ncn3C3CCC(CO)C3C)c2N1. The van der Waals surface area contributed by atoms with Crippen molar-refractivity contribution in [2.45, 2.75) is 78.7 Å². The molecule has 164 valence electrons. The summed E-state index contributed by atoms with van der Waals surface area (Å²) < 4.78 is 2.16. The summed E-state index contributed by atoms with van der Waals surface area (Å²) in [6, 6.07) is 0.705. The van der Waals surface area contributed by atoms with Crippen LogP contribution in [0.5, 0.6) is 0 Å². The molecule has 7 nitrogen and oxygen atoms in total. The molecular weight excluding hydrogens is 392 g/mol. The maximum Gasteiger partial charge on any atom is 0.163 e. The fourth-order valence-electron chi connectivity index (χ4n) is 4.11. The van der Waals surface area contributed by atoms with Crippen LogP contribution < -0.4 is 5.32 Å². The summed E-state index contributed by atoms with van der Waals surface area (Å²) in [5.74, 6) is -0.714. The zero-order valence-corrected chi connectivity index (χ0v) is 19.0. The largest absolute Gasteiger partial charge is 0.396 e. The minimum Gasteiger partial charge on any atom is -0.396 e. The number of rotatable bonds is 2. The Morgan fingerprint density at radius 2 is 1.86 bits per heavy atom. The predicted molar refractivity (Wildman–Crippen MR) is 117 cm³/mol. The molecule has 29 heavy (non-hydrogen) atoms. The summed E-state index contributed by atoms with van der Waals surface area (Å²) in [6.07, 6.45) is 4.89. The van der Waals surface area contributed by atoms with Crippen molar-refractivity contribution < 1.29 is 15.3 Å². The third kappa shape index (κ3) is 5.40. The van der Waals surface area contributed by atoms with Crippen LogP contribution >= 0.6 is 11.6 Å². The Hall–Kier alpha value is -1.41. The molecule has 0 bridgehead atoms. The van der Waals surface area contributed by atoms with Crippen LogP contribution in [-0.2, 0) is 6.42 Å². The molecule has 0 saturated heterocycles. The van der Waals surface area contributed by atoms with Crippen LogP contribution in [0.4, 0.5) is 5.69 Å². The van der Waals surface area contributed by atoms with Gasteiger partial charge < -0.3 is 25.2 Å². The van der Waals surface area contributed by atoms with Gasteiger partial charge >= 0.3 is 0 Å². The highest BCUT2D eigenvalue weighted by Gasteiger charge is 2.35. The first-order chi connectivity index (χ1) is 13.6. The fraction of sp³-hybridized carbons (Fsp3) is 0.714. The molecule has 2 aromatic rings. The van der Waals surface area contributed by atoms with Crippen LogP contribution in [0.3, 0.4) is 0 Å². The number of hydrogen-bond acceptors (Lipinski definition) is 6. The van der Waals surface area contributed by atoms with Gasteiger partial charge in [0.25, 0.3) is 0 Å². The van der Waals surface area contributed by atoms with E-state index in [9.17, 15) is 5.11 Å². The highest BCUT2D eigenvalue weighted by Crippen LogP contribution is 2.43. The zero-order valence-electron chi connectivity index (χ0n) is 18.3. The average molecular weight is 427 g/mol. The average Bonchev–Trinajstić information content (AvgIpc) is 3.31. The smallest absolute Gasteiger partial charge is 0.163 e. The van der Waals surface area contributed by atoms with Crippen molar-refractivity contribution in [3.8, 4) is 0 Å². The topological polar surface area (TPSA) is 103 Å². The van der Waals surface area contributed by atoms with E-state index in [1.54, 1.807) is 0 Å². The molecule has 4 N–H and O–H groups in total. The summed E-state index contributed by atoms with van der Waals surface area (Å²) in [4.78, 5) is 9.25. The number of pyridine rings is 1. The molecule has 0 amide bonds. The lowest BCUT2D eigenvalue weighted by molar-refractivity contribution is -0.127. The van der Waals surface area contributed by atoms with E-state index in [1.807, 2.05) is 20.2 Å². The van der Waals surface area contributed by atoms with Gasteiger partial charge in [-0.1, -0.05) is 32.4 Å². The van der Waals surface area contributed by atoms with Crippen LogP contribution in [0, 0.1) is 11.8 Å². The monoisotopic (exact) mass is 426 g/mol. The van der Waals surface area contributed by atoms with E-state index in [0.29, 0.717) is 29.1 Å². The Labute approximate surface area is 178 Å². The third-order valence-corrected chi connectivity index (χ3v) is 5.75. The molecule has 2 aromatic heterocycles. The van der Waals surface area contributed by atoms with Gasteiger partial charge in [-0.3, -0.25) is 0 Å². The van der Waals surface area contributed by atoms with Crippen LogP contribution in [0.15, 0.2) is 6.33 Å². The number of anilines is 1. The first-order valence-electron chi connectivity index (χ1n) is 10.5. The molecule has 1 saturated carbocycles. The Morgan fingerprint density at radius 3 is 2.41 bits per heavy atom. The number of hydrogen-bond donors (Lipinski definition) is 4. The normalized spacial score (nSPS) is 25.6. The van der Waals surface area contributed by atoms with Gasteiger partial charge in [-0.2, -0.15) is 0 Å². The first-order valence-corrected chi connectivity index (χ1v) is 10.8. The molecule has 0 spiro atoms. The van der Waals surface area contributed by atoms with Gasteiger partial charge in [0, 0.05) is 24.3 Å². The van der Waals surface area contributed by atoms with E-state index in [2.05, 4.69) is 33.7 Å². The van der Waals surface area contributed by atoms with Crippen LogP contribution in [0.25, 0.3) is 11.2 Å². The van der Waals surface area contributed by atoms with Gasteiger partial charge in [0.2, 0.25) is 0 Å². The minimum atomic E-state index is -1.50. The molecule has 4 unspecified atom stereocenters. The fourth-order valence-corrected chi connectivity index (χ4v) is 4.36. The van der Waals surface area contributed by atoms with Crippen LogP contribution in [0.1, 0.15) is 66.0 Å². The van der Waals surface area contributed by atoms with E-state index < -0.39 is 5.79 Å². The summed E-state index contributed by atoms with van der Waals surface area (Å²) in [7, 11) is 0. The minimum absolute atomic E-state index is 0.257. The highest BCUT2D eigenvalue weighted by atomic mass is 35.5. The third-order valence-electron chi connectivity index (χ3n) is 5.44. The van der Waals surface area contributed by atoms with Crippen molar-refractivity contribution in [2.75, 3.05) is 11.9 Å². The van der Waals surface area contributed by atoms with E-state index in [-0.39, 0.29) is 6.61 Å². The van der Waals surface area contributed by atoms with Crippen molar-refractivity contribution in [3.05, 3.63) is 17.0 Å². The molecule has 1 fully saturated rings. The van der Waals surface area contributed by atoms with Gasteiger partial charge in [0.15, 0.2) is 11.4 Å². The highest BCUT2D eigenvalue weighted by molar-refractivity contribution is 6.31. The van der Waals surface area contributed by atoms with E-state index >= 15 is 0 Å². The van der Waals surface area contributed by atoms with Gasteiger partial charge in [-0.25, -0.2) is 9.97 Å². The maximum absolute atomic E-state index is 9.49. The van der Waals surface area contributed by atoms with Gasteiger partial charge in [0.05, 0.1) is 12.0 Å². The number of aromatic nitrogens is 3. The number of halogens is 1. The quantitative estimate of drug-likeness (QED) is 0.430. The summed E-state index contributed by atoms with van der Waals surface area (Å²) in [5, 5.41) is 29.7. The number of nitrogens with zero attached hydrogens (tertiary/aromatic N) is 3. The Balaban J connectivity index is 0.000000378. The molecule has 2 aliphatic rings. The van der Waals surface area contributed by atoms with Gasteiger partial charge in [-0.05, 0) is 51.9 Å². The lowest BCUT2D eigenvalue weighted by atomic mass is 9.96. The number of aliphatic hydroxyl groups is 3. The Morgan fingerprint density at radius 1 is 1.24 bits per heavy atom. The van der Waals surface area contributed by atoms with E-state index in [1.165, 1.54) is 13.8 Å². The van der Waals surface area contributed by atoms with Crippen molar-refractivity contribution in [3.63, 3.8) is 0 Å². The Kier molecular flexibility index (Phi) is 7.90. The van der Waals surface area contributed by atoms with Crippen molar-refractivity contribution in [1.29, 1.82) is 0 Å². The molecule has 4 rings (SSSR count). The summed E-state index contributed by atoms with van der Waals surface area (Å²) in [6.45, 7) is 11.2. The first kappa shape index (κ1) is 23.9. The predicted octanol–water partition coefficient (Wildman–Crippen LogP) is 3.75. The van der Waals surface area contributed by atoms with E-state index in [4.69, 9.17) is 21.8 Å². The summed E-state index contributed by atoms with van der Waals surface area (Å²) >= 11 is 6.41. The van der Waals surface area contributed by atoms with Crippen LogP contribution in [-0.4, -0.2) is 48.3 Å². The van der Waals surface area contributed by atoms with Crippen molar-refractivity contribution in [1.82, 2.24) is 14.5 Å². The molecule has 3 heterocycles. The number of imidazole rings is 1. The molecule has 4 atom stereocenters. The zero-order chi connectivity index (χ0) is 21.9. The van der Waals surface area contributed by atoms with Crippen LogP contribution in [0.2, 0.25) is 5.15 Å². The molecule has 8 heteroatoms. The number of fused-ring (bicyclic) bond motifs is 3. The second-order valence-corrected chi connectivity index (χ2v) is 8.63. The van der Waals surface area contributed by atoms with Gasteiger partial charge in [0.1, 0.15) is 10.7 Å². The molecule has 0 radical (unpaired) electrons. The van der Waals surface area contributed by atoms with Gasteiger partial charge in [-0.15, -0.1) is 0 Å². The summed E-state index contributed by atoms with van der Waals surface area (Å²) in [5.41, 5.74) is 3.91. The van der Waals surface area contributed by atoms with Crippen molar-refractivity contribution in [2.24, 2.45) is 11.8 Å². The van der Waals surface area contributed by atoms with E-state index in [0.717, 1.165) is 41.7 Å². The second kappa shape index (κ2) is 9.60. The lowest BCUT2D eigenvalue weighted by Gasteiger charge is -2.21. The molecule has 0 aromatic carbocycles. The second-order valence-electron chi connectivity index (χ2n) is 8.27.